The van der Waals surface area contributed by atoms with E-state index >= 15 is 0 Å². The number of carbonyl (C=O) groups excluding carboxylic acids is 1. The summed E-state index contributed by atoms with van der Waals surface area (Å²) in [4.78, 5) is 12.0. The van der Waals surface area contributed by atoms with Crippen molar-refractivity contribution >= 4 is 17.5 Å². The largest absolute Gasteiger partial charge is 0.349 e. The molecule has 1 aromatic heterocycles. The molecule has 1 heterocycles. The van der Waals surface area contributed by atoms with Crippen LogP contribution in [0.3, 0.4) is 0 Å². The van der Waals surface area contributed by atoms with E-state index in [0.29, 0.717) is 17.9 Å². The fraction of sp³-hybridized carbons (Fsp3) is 0.583. The average molecular weight is 256 g/mol. The third-order valence-corrected chi connectivity index (χ3v) is 2.71. The van der Waals surface area contributed by atoms with Gasteiger partial charge in [0.25, 0.3) is 5.91 Å². The quantitative estimate of drug-likeness (QED) is 0.820. The Hall–Kier alpha value is -1.16. The van der Waals surface area contributed by atoms with Crippen LogP contribution in [-0.4, -0.2) is 28.0 Å². The molecule has 0 spiro atoms. The second kappa shape index (κ2) is 6.55. The summed E-state index contributed by atoms with van der Waals surface area (Å²) in [6.45, 7) is 5.72. The summed E-state index contributed by atoms with van der Waals surface area (Å²) < 4.78 is 0. The highest BCUT2D eigenvalue weighted by Crippen LogP contribution is 2.08. The lowest BCUT2D eigenvalue weighted by Crippen LogP contribution is -2.33. The van der Waals surface area contributed by atoms with Crippen molar-refractivity contribution in [2.24, 2.45) is 0 Å². The van der Waals surface area contributed by atoms with Crippen LogP contribution < -0.4 is 5.32 Å². The van der Waals surface area contributed by atoms with E-state index in [1.165, 1.54) is 0 Å². The zero-order valence-electron chi connectivity index (χ0n) is 10.5. The lowest BCUT2D eigenvalue weighted by Gasteiger charge is -2.13. The molecule has 1 atom stereocenters. The van der Waals surface area contributed by atoms with E-state index < -0.39 is 0 Å². The smallest absolute Gasteiger partial charge is 0.253 e. The van der Waals surface area contributed by atoms with Gasteiger partial charge in [-0.2, -0.15) is 10.2 Å². The van der Waals surface area contributed by atoms with Crippen LogP contribution >= 0.6 is 11.6 Å². The van der Waals surface area contributed by atoms with Gasteiger partial charge in [-0.3, -0.25) is 4.79 Å². The predicted octanol–water partition coefficient (Wildman–Crippen LogP) is 2.09. The first-order valence-electron chi connectivity index (χ1n) is 5.78. The number of halogens is 1. The van der Waals surface area contributed by atoms with Crippen molar-refractivity contribution in [3.8, 4) is 0 Å². The van der Waals surface area contributed by atoms with E-state index in [9.17, 15) is 4.79 Å². The van der Waals surface area contributed by atoms with Crippen LogP contribution in [0.25, 0.3) is 0 Å². The molecule has 4 nitrogen and oxygen atoms in total. The fourth-order valence-electron chi connectivity index (χ4n) is 1.51. The van der Waals surface area contributed by atoms with E-state index in [1.54, 1.807) is 6.07 Å². The molecule has 0 saturated carbocycles. The third kappa shape index (κ3) is 3.97. The summed E-state index contributed by atoms with van der Waals surface area (Å²) in [6, 6.07) is 1.84. The molecule has 0 fully saturated rings. The van der Waals surface area contributed by atoms with Gasteiger partial charge in [-0.25, -0.2) is 0 Å². The van der Waals surface area contributed by atoms with Crippen LogP contribution in [0, 0.1) is 6.92 Å². The van der Waals surface area contributed by atoms with Crippen molar-refractivity contribution in [3.63, 3.8) is 0 Å². The zero-order valence-corrected chi connectivity index (χ0v) is 11.2. The lowest BCUT2D eigenvalue weighted by atomic mass is 10.1. The van der Waals surface area contributed by atoms with Crippen LogP contribution in [0.5, 0.6) is 0 Å². The van der Waals surface area contributed by atoms with Gasteiger partial charge < -0.3 is 5.32 Å². The molecule has 1 aromatic rings. The van der Waals surface area contributed by atoms with E-state index in [2.05, 4.69) is 15.5 Å². The zero-order chi connectivity index (χ0) is 12.8. The number of hydrogen-bond acceptors (Lipinski definition) is 3. The Morgan fingerprint density at radius 1 is 1.53 bits per heavy atom. The Balaban J connectivity index is 2.83. The highest BCUT2D eigenvalue weighted by Gasteiger charge is 2.14. The number of aryl methyl sites for hydroxylation is 2. The summed E-state index contributed by atoms with van der Waals surface area (Å²) in [6.07, 6.45) is 1.45. The number of alkyl halides is 1. The molecule has 1 N–H and O–H groups in total. The van der Waals surface area contributed by atoms with Gasteiger partial charge in [0.2, 0.25) is 0 Å². The van der Waals surface area contributed by atoms with Crippen LogP contribution in [0.4, 0.5) is 0 Å². The fourth-order valence-corrected chi connectivity index (χ4v) is 1.84. The molecule has 0 aromatic carbocycles. The van der Waals surface area contributed by atoms with Crippen molar-refractivity contribution in [3.05, 3.63) is 23.0 Å². The summed E-state index contributed by atoms with van der Waals surface area (Å²) in [5.41, 5.74) is 2.09. The molecule has 5 heteroatoms. The Labute approximate surface area is 107 Å². The minimum atomic E-state index is -0.0996. The van der Waals surface area contributed by atoms with Gasteiger partial charge in [0.05, 0.1) is 17.0 Å². The van der Waals surface area contributed by atoms with Crippen LogP contribution in [-0.2, 0) is 6.42 Å². The maximum Gasteiger partial charge on any atom is 0.253 e. The minimum Gasteiger partial charge on any atom is -0.349 e. The van der Waals surface area contributed by atoms with Crippen LogP contribution in [0.15, 0.2) is 6.07 Å². The number of amides is 1. The predicted molar refractivity (Wildman–Crippen MR) is 68.4 cm³/mol. The normalized spacial score (nSPS) is 12.2. The molecule has 17 heavy (non-hydrogen) atoms. The van der Waals surface area contributed by atoms with E-state index in [1.807, 2.05) is 20.8 Å². The summed E-state index contributed by atoms with van der Waals surface area (Å²) in [5, 5.41) is 10.9. The van der Waals surface area contributed by atoms with E-state index in [4.69, 9.17) is 11.6 Å². The molecule has 1 amide bonds. The van der Waals surface area contributed by atoms with Gasteiger partial charge in [-0.05, 0) is 32.8 Å². The Kier molecular flexibility index (Phi) is 5.35. The van der Waals surface area contributed by atoms with Gasteiger partial charge in [-0.1, -0.05) is 6.92 Å². The minimum absolute atomic E-state index is 0.0678. The number of nitrogens with one attached hydrogen (secondary N) is 1. The van der Waals surface area contributed by atoms with Crippen molar-refractivity contribution in [1.29, 1.82) is 0 Å². The van der Waals surface area contributed by atoms with Crippen molar-refractivity contribution in [2.45, 2.75) is 39.7 Å². The summed E-state index contributed by atoms with van der Waals surface area (Å²) in [7, 11) is 0. The topological polar surface area (TPSA) is 54.9 Å². The van der Waals surface area contributed by atoms with Crippen LogP contribution in [0.2, 0.25) is 0 Å². The molecule has 0 bridgehead atoms. The van der Waals surface area contributed by atoms with Crippen molar-refractivity contribution in [1.82, 2.24) is 15.5 Å². The number of rotatable bonds is 5. The van der Waals surface area contributed by atoms with E-state index in [-0.39, 0.29) is 11.9 Å². The van der Waals surface area contributed by atoms with Crippen molar-refractivity contribution < 1.29 is 4.79 Å². The molecular weight excluding hydrogens is 238 g/mol. The number of carbonyl (C=O) groups is 1. The summed E-state index contributed by atoms with van der Waals surface area (Å²) >= 11 is 5.64. The summed E-state index contributed by atoms with van der Waals surface area (Å²) in [5.74, 6) is 0.438. The highest BCUT2D eigenvalue weighted by atomic mass is 35.5. The molecule has 94 valence electrons. The second-order valence-electron chi connectivity index (χ2n) is 4.05. The van der Waals surface area contributed by atoms with Gasteiger partial charge in [0, 0.05) is 11.9 Å². The first-order valence-corrected chi connectivity index (χ1v) is 6.32. The molecule has 0 aliphatic heterocycles. The molecule has 1 unspecified atom stereocenters. The Morgan fingerprint density at radius 2 is 2.24 bits per heavy atom. The van der Waals surface area contributed by atoms with Gasteiger partial charge in [0.1, 0.15) is 0 Å². The molecule has 0 aliphatic carbocycles. The van der Waals surface area contributed by atoms with Crippen molar-refractivity contribution in [2.75, 3.05) is 5.88 Å². The first kappa shape index (κ1) is 13.9. The maximum absolute atomic E-state index is 12.0. The Morgan fingerprint density at radius 3 is 2.82 bits per heavy atom. The first-order chi connectivity index (χ1) is 8.08. The van der Waals surface area contributed by atoms with Gasteiger partial charge in [0.15, 0.2) is 0 Å². The standard InChI is InChI=1S/C12H18ClN3O/c1-4-11-10(7-9(3)15-16-11)12(17)14-8(2)5-6-13/h7-8H,4-6H2,1-3H3,(H,14,17). The number of hydrogen-bond donors (Lipinski definition) is 1. The molecule has 0 aliphatic rings. The van der Waals surface area contributed by atoms with Crippen LogP contribution in [0.1, 0.15) is 42.0 Å². The maximum atomic E-state index is 12.0. The SMILES string of the molecule is CCc1nnc(C)cc1C(=O)NC(C)CCCl. The molecule has 0 saturated heterocycles. The monoisotopic (exact) mass is 255 g/mol. The van der Waals surface area contributed by atoms with Gasteiger partial charge >= 0.3 is 0 Å². The lowest BCUT2D eigenvalue weighted by molar-refractivity contribution is 0.0937. The molecular formula is C12H18ClN3O. The highest BCUT2D eigenvalue weighted by molar-refractivity contribution is 6.17. The van der Waals surface area contributed by atoms with Gasteiger partial charge in [-0.15, -0.1) is 11.6 Å². The second-order valence-corrected chi connectivity index (χ2v) is 4.43. The van der Waals surface area contributed by atoms with E-state index in [0.717, 1.165) is 17.8 Å². The number of aromatic nitrogens is 2. The Bertz CT molecular complexity index is 395. The average Bonchev–Trinajstić information content (AvgIpc) is 2.29. The molecule has 1 rings (SSSR count). The number of nitrogens with zero attached hydrogens (tertiary/aromatic N) is 2. The third-order valence-electron chi connectivity index (χ3n) is 2.49. The molecule has 0 radical (unpaired) electrons.